The summed E-state index contributed by atoms with van der Waals surface area (Å²) in [5.74, 6) is 0. The fraction of sp³-hybridized carbons (Fsp3) is 0.667. The summed E-state index contributed by atoms with van der Waals surface area (Å²) in [6, 6.07) is 0.0598. The smallest absolute Gasteiger partial charge is 0.246 e. The van der Waals surface area contributed by atoms with Crippen LogP contribution in [0.2, 0.25) is 0 Å². The van der Waals surface area contributed by atoms with Gasteiger partial charge in [0.1, 0.15) is 4.90 Å². The van der Waals surface area contributed by atoms with E-state index >= 15 is 0 Å². The molecule has 1 aliphatic heterocycles. The summed E-state index contributed by atoms with van der Waals surface area (Å²) in [5.41, 5.74) is 0.666. The van der Waals surface area contributed by atoms with E-state index in [1.54, 1.807) is 25.7 Å². The number of hydrogen-bond donors (Lipinski definition) is 1. The first-order valence-corrected chi connectivity index (χ1v) is 6.56. The fourth-order valence-electron chi connectivity index (χ4n) is 1.61. The summed E-state index contributed by atoms with van der Waals surface area (Å²) in [7, 11) is -0.0452. The average Bonchev–Trinajstić information content (AvgIpc) is 2.45. The van der Waals surface area contributed by atoms with E-state index in [0.717, 1.165) is 13.1 Å². The van der Waals surface area contributed by atoms with E-state index < -0.39 is 10.0 Å². The maximum absolute atomic E-state index is 12.2. The highest BCUT2D eigenvalue weighted by Crippen LogP contribution is 2.20. The lowest BCUT2D eigenvalue weighted by molar-refractivity contribution is 0.274. The van der Waals surface area contributed by atoms with Gasteiger partial charge >= 0.3 is 0 Å². The predicted molar refractivity (Wildman–Crippen MR) is 59.6 cm³/mol. The van der Waals surface area contributed by atoms with E-state index in [0.29, 0.717) is 10.6 Å². The molecule has 1 aliphatic rings. The summed E-state index contributed by atoms with van der Waals surface area (Å²) in [6.45, 7) is 3.19. The van der Waals surface area contributed by atoms with Crippen molar-refractivity contribution < 1.29 is 8.42 Å². The average molecular weight is 244 g/mol. The molecule has 0 radical (unpaired) electrons. The topological polar surface area (TPSA) is 67.2 Å². The van der Waals surface area contributed by atoms with Crippen LogP contribution in [-0.4, -0.2) is 48.7 Å². The summed E-state index contributed by atoms with van der Waals surface area (Å²) in [4.78, 5) is 0.296. The van der Waals surface area contributed by atoms with Crippen molar-refractivity contribution in [2.24, 2.45) is 7.05 Å². The minimum atomic E-state index is -3.40. The first kappa shape index (κ1) is 11.6. The van der Waals surface area contributed by atoms with Gasteiger partial charge in [-0.2, -0.15) is 9.40 Å². The van der Waals surface area contributed by atoms with Gasteiger partial charge in [0.25, 0.3) is 0 Å². The standard InChI is InChI=1S/C9H16N4O2S/c1-7-9(6-11-12(7)2)16(14,15)13(3)8-4-10-5-8/h6,8,10H,4-5H2,1-3H3. The second-order valence-corrected chi connectivity index (χ2v) is 6.02. The SMILES string of the molecule is Cc1c(S(=O)(=O)N(C)C2CNC2)cnn1C. The van der Waals surface area contributed by atoms with Crippen LogP contribution in [0, 0.1) is 6.92 Å². The molecule has 0 aliphatic carbocycles. The molecule has 0 spiro atoms. The third kappa shape index (κ3) is 1.64. The van der Waals surface area contributed by atoms with Crippen molar-refractivity contribution in [1.82, 2.24) is 19.4 Å². The Hall–Kier alpha value is -0.920. The van der Waals surface area contributed by atoms with E-state index in [-0.39, 0.29) is 6.04 Å². The van der Waals surface area contributed by atoms with E-state index in [1.165, 1.54) is 10.5 Å². The van der Waals surface area contributed by atoms with E-state index in [1.807, 2.05) is 0 Å². The zero-order valence-corrected chi connectivity index (χ0v) is 10.5. The largest absolute Gasteiger partial charge is 0.313 e. The molecule has 7 heteroatoms. The molecule has 1 aromatic heterocycles. The zero-order chi connectivity index (χ0) is 11.9. The van der Waals surface area contributed by atoms with Crippen molar-refractivity contribution in [3.05, 3.63) is 11.9 Å². The molecular weight excluding hydrogens is 228 g/mol. The van der Waals surface area contributed by atoms with Gasteiger partial charge in [-0.3, -0.25) is 4.68 Å². The number of rotatable bonds is 3. The van der Waals surface area contributed by atoms with Crippen LogP contribution in [0.5, 0.6) is 0 Å². The summed E-state index contributed by atoms with van der Waals surface area (Å²) in [5, 5.41) is 7.02. The monoisotopic (exact) mass is 244 g/mol. The Labute approximate surface area is 95.3 Å². The van der Waals surface area contributed by atoms with Crippen molar-refractivity contribution in [1.29, 1.82) is 0 Å². The Morgan fingerprint density at radius 2 is 2.19 bits per heavy atom. The summed E-state index contributed by atoms with van der Waals surface area (Å²) in [6.07, 6.45) is 1.41. The minimum Gasteiger partial charge on any atom is -0.313 e. The van der Waals surface area contributed by atoms with Crippen molar-refractivity contribution >= 4 is 10.0 Å². The Morgan fingerprint density at radius 3 is 2.56 bits per heavy atom. The Balaban J connectivity index is 2.34. The number of aryl methyl sites for hydroxylation is 1. The van der Waals surface area contributed by atoms with Gasteiger partial charge in [-0.25, -0.2) is 8.42 Å². The molecular formula is C9H16N4O2S. The molecule has 0 aromatic carbocycles. The molecule has 0 bridgehead atoms. The van der Waals surface area contributed by atoms with Crippen molar-refractivity contribution in [3.63, 3.8) is 0 Å². The van der Waals surface area contributed by atoms with Gasteiger partial charge in [-0.1, -0.05) is 0 Å². The van der Waals surface area contributed by atoms with E-state index in [9.17, 15) is 8.42 Å². The van der Waals surface area contributed by atoms with Crippen LogP contribution in [0.25, 0.3) is 0 Å². The molecule has 6 nitrogen and oxygen atoms in total. The van der Waals surface area contributed by atoms with Gasteiger partial charge in [-0.15, -0.1) is 0 Å². The molecule has 2 rings (SSSR count). The van der Waals surface area contributed by atoms with Crippen LogP contribution in [0.3, 0.4) is 0 Å². The number of nitrogens with one attached hydrogen (secondary N) is 1. The number of hydrogen-bond acceptors (Lipinski definition) is 4. The highest BCUT2D eigenvalue weighted by molar-refractivity contribution is 7.89. The Morgan fingerprint density at radius 1 is 1.56 bits per heavy atom. The Bertz CT molecular complexity index is 490. The third-order valence-electron chi connectivity index (χ3n) is 3.12. The maximum Gasteiger partial charge on any atom is 0.246 e. The molecule has 90 valence electrons. The lowest BCUT2D eigenvalue weighted by Crippen LogP contribution is -2.57. The van der Waals surface area contributed by atoms with E-state index in [4.69, 9.17) is 0 Å². The first-order valence-electron chi connectivity index (χ1n) is 5.12. The highest BCUT2D eigenvalue weighted by atomic mass is 32.2. The Kier molecular flexibility index (Phi) is 2.77. The van der Waals surface area contributed by atoms with Crippen LogP contribution >= 0.6 is 0 Å². The summed E-state index contributed by atoms with van der Waals surface area (Å²) >= 11 is 0. The van der Waals surface area contributed by atoms with Crippen LogP contribution in [0.4, 0.5) is 0 Å². The lowest BCUT2D eigenvalue weighted by atomic mass is 10.2. The molecule has 1 fully saturated rings. The van der Waals surface area contributed by atoms with Crippen LogP contribution < -0.4 is 5.32 Å². The van der Waals surface area contributed by atoms with Gasteiger partial charge < -0.3 is 5.32 Å². The number of likely N-dealkylation sites (N-methyl/N-ethyl adjacent to an activating group) is 1. The lowest BCUT2D eigenvalue weighted by Gasteiger charge is -2.34. The van der Waals surface area contributed by atoms with Gasteiger partial charge in [0, 0.05) is 33.2 Å². The normalized spacial score (nSPS) is 17.8. The first-order chi connectivity index (χ1) is 7.44. The zero-order valence-electron chi connectivity index (χ0n) is 9.64. The maximum atomic E-state index is 12.2. The molecule has 1 aromatic rings. The molecule has 1 N–H and O–H groups in total. The fourth-order valence-corrected chi connectivity index (χ4v) is 3.15. The van der Waals surface area contributed by atoms with Crippen LogP contribution in [-0.2, 0) is 17.1 Å². The molecule has 0 unspecified atom stereocenters. The van der Waals surface area contributed by atoms with Crippen LogP contribution in [0.1, 0.15) is 5.69 Å². The summed E-state index contributed by atoms with van der Waals surface area (Å²) < 4.78 is 27.5. The van der Waals surface area contributed by atoms with E-state index in [2.05, 4.69) is 10.4 Å². The highest BCUT2D eigenvalue weighted by Gasteiger charge is 2.33. The second-order valence-electron chi connectivity index (χ2n) is 4.05. The number of sulfonamides is 1. The van der Waals surface area contributed by atoms with Crippen molar-refractivity contribution in [2.45, 2.75) is 17.9 Å². The third-order valence-corrected chi connectivity index (χ3v) is 5.13. The molecule has 16 heavy (non-hydrogen) atoms. The van der Waals surface area contributed by atoms with Gasteiger partial charge in [0.05, 0.1) is 11.9 Å². The van der Waals surface area contributed by atoms with Crippen LogP contribution in [0.15, 0.2) is 11.1 Å². The number of aromatic nitrogens is 2. The van der Waals surface area contributed by atoms with Crippen molar-refractivity contribution in [2.75, 3.05) is 20.1 Å². The van der Waals surface area contributed by atoms with Gasteiger partial charge in [0.15, 0.2) is 0 Å². The number of nitrogens with zero attached hydrogens (tertiary/aromatic N) is 3. The predicted octanol–water partition coefficient (Wildman–Crippen LogP) is -0.679. The molecule has 0 amide bonds. The quantitative estimate of drug-likeness (QED) is 0.765. The molecule has 1 saturated heterocycles. The van der Waals surface area contributed by atoms with Gasteiger partial charge in [0.2, 0.25) is 10.0 Å². The molecule has 0 saturated carbocycles. The van der Waals surface area contributed by atoms with Crippen molar-refractivity contribution in [3.8, 4) is 0 Å². The van der Waals surface area contributed by atoms with Gasteiger partial charge in [-0.05, 0) is 6.92 Å². The molecule has 2 heterocycles. The minimum absolute atomic E-state index is 0.0598. The molecule has 0 atom stereocenters. The second kappa shape index (κ2) is 3.83.